The highest BCUT2D eigenvalue weighted by atomic mass is 127. The minimum absolute atomic E-state index is 0. The molecule has 2 heterocycles. The van der Waals surface area contributed by atoms with Gasteiger partial charge in [-0.1, -0.05) is 0 Å². The van der Waals surface area contributed by atoms with E-state index in [-0.39, 0.29) is 30.1 Å². The van der Waals surface area contributed by atoms with Gasteiger partial charge in [-0.15, -0.1) is 24.0 Å². The Balaban J connectivity index is 0.00000169. The van der Waals surface area contributed by atoms with Gasteiger partial charge in [0.25, 0.3) is 0 Å². The molecular formula is C18H26IN3O2. The largest absolute Gasteiger partial charge is 0.494 e. The van der Waals surface area contributed by atoms with Gasteiger partial charge in [-0.2, -0.15) is 0 Å². The summed E-state index contributed by atoms with van der Waals surface area (Å²) in [6.45, 7) is 6.79. The molecule has 0 bridgehead atoms. The fourth-order valence-corrected chi connectivity index (χ4v) is 3.53. The second kappa shape index (κ2) is 7.37. The lowest BCUT2D eigenvalue weighted by Gasteiger charge is -2.17. The van der Waals surface area contributed by atoms with Crippen LogP contribution in [0, 0.1) is 0 Å². The zero-order valence-electron chi connectivity index (χ0n) is 14.3. The predicted molar refractivity (Wildman–Crippen MR) is 106 cm³/mol. The summed E-state index contributed by atoms with van der Waals surface area (Å²) in [5.41, 5.74) is 2.54. The zero-order valence-corrected chi connectivity index (χ0v) is 16.6. The van der Waals surface area contributed by atoms with Crippen LogP contribution in [-0.4, -0.2) is 37.8 Å². The molecule has 0 radical (unpaired) electrons. The molecule has 6 heteroatoms. The first kappa shape index (κ1) is 17.6. The highest BCUT2D eigenvalue weighted by Crippen LogP contribution is 2.48. The molecule has 24 heavy (non-hydrogen) atoms. The van der Waals surface area contributed by atoms with E-state index in [2.05, 4.69) is 34.7 Å². The van der Waals surface area contributed by atoms with Crippen LogP contribution in [0.4, 0.5) is 0 Å². The average Bonchev–Trinajstić information content (AvgIpc) is 3.20. The molecule has 5 nitrogen and oxygen atoms in total. The van der Waals surface area contributed by atoms with Crippen LogP contribution in [0.3, 0.4) is 0 Å². The molecule has 1 aromatic carbocycles. The molecule has 2 N–H and O–H groups in total. The Morgan fingerprint density at radius 2 is 2.29 bits per heavy atom. The van der Waals surface area contributed by atoms with Gasteiger partial charge in [0.1, 0.15) is 17.6 Å². The summed E-state index contributed by atoms with van der Waals surface area (Å²) in [6, 6.07) is 4.82. The Hall–Kier alpha value is -1.18. The SMILES string of the molecule is CCOc1cc2c(cc1C1CC1NC1=NCCCN1)OC(C)C2.I. The van der Waals surface area contributed by atoms with Gasteiger partial charge in [-0.25, -0.2) is 0 Å². The van der Waals surface area contributed by atoms with Gasteiger partial charge in [0.05, 0.1) is 6.61 Å². The van der Waals surface area contributed by atoms with Gasteiger partial charge < -0.3 is 20.1 Å². The van der Waals surface area contributed by atoms with Gasteiger partial charge in [-0.05, 0) is 38.8 Å². The van der Waals surface area contributed by atoms with Crippen molar-refractivity contribution in [2.75, 3.05) is 19.7 Å². The summed E-state index contributed by atoms with van der Waals surface area (Å²) in [4.78, 5) is 4.50. The summed E-state index contributed by atoms with van der Waals surface area (Å²) in [6.07, 6.45) is 3.48. The van der Waals surface area contributed by atoms with Crippen molar-refractivity contribution < 1.29 is 9.47 Å². The standard InChI is InChI=1S/C18H25N3O2.HI/c1-3-22-17-8-12-7-11(2)23-16(12)10-14(17)13-9-15(13)21-18-19-5-4-6-20-18;/h8,10-11,13,15H,3-7,9H2,1-2H3,(H2,19,20,21);1H. The minimum Gasteiger partial charge on any atom is -0.494 e. The molecule has 1 fully saturated rings. The van der Waals surface area contributed by atoms with Crippen LogP contribution in [0.2, 0.25) is 0 Å². The Bertz CT molecular complexity index is 635. The highest BCUT2D eigenvalue weighted by molar-refractivity contribution is 14.0. The Labute approximate surface area is 160 Å². The fourth-order valence-electron chi connectivity index (χ4n) is 3.53. The van der Waals surface area contributed by atoms with Crippen molar-refractivity contribution in [3.8, 4) is 11.5 Å². The molecule has 0 spiro atoms. The van der Waals surface area contributed by atoms with Crippen molar-refractivity contribution >= 4 is 29.9 Å². The maximum atomic E-state index is 5.93. The number of hydrogen-bond acceptors (Lipinski definition) is 5. The van der Waals surface area contributed by atoms with E-state index in [0.29, 0.717) is 18.6 Å². The molecule has 3 unspecified atom stereocenters. The monoisotopic (exact) mass is 443 g/mol. The molecule has 2 aliphatic heterocycles. The summed E-state index contributed by atoms with van der Waals surface area (Å²) < 4.78 is 11.8. The summed E-state index contributed by atoms with van der Waals surface area (Å²) in [5.74, 6) is 3.49. The van der Waals surface area contributed by atoms with Gasteiger partial charge >= 0.3 is 0 Å². The van der Waals surface area contributed by atoms with E-state index in [9.17, 15) is 0 Å². The molecule has 0 saturated heterocycles. The third kappa shape index (κ3) is 3.58. The van der Waals surface area contributed by atoms with E-state index in [1.54, 1.807) is 0 Å². The molecule has 4 rings (SSSR count). The van der Waals surface area contributed by atoms with Gasteiger partial charge in [0, 0.05) is 42.6 Å². The summed E-state index contributed by atoms with van der Waals surface area (Å²) in [7, 11) is 0. The minimum atomic E-state index is 0. The molecular weight excluding hydrogens is 417 g/mol. The number of hydrogen-bond donors (Lipinski definition) is 2. The quantitative estimate of drug-likeness (QED) is 0.703. The second-order valence-electron chi connectivity index (χ2n) is 6.67. The lowest BCUT2D eigenvalue weighted by molar-refractivity contribution is 0.254. The molecule has 0 amide bonds. The van der Waals surface area contributed by atoms with Crippen LogP contribution in [0.5, 0.6) is 11.5 Å². The third-order valence-corrected chi connectivity index (χ3v) is 4.74. The molecule has 1 aromatic rings. The van der Waals surface area contributed by atoms with Crippen LogP contribution in [0.25, 0.3) is 0 Å². The normalized spacial score (nSPS) is 27.1. The average molecular weight is 443 g/mol. The van der Waals surface area contributed by atoms with E-state index in [1.807, 2.05) is 6.92 Å². The summed E-state index contributed by atoms with van der Waals surface area (Å²) in [5, 5.41) is 6.86. The second-order valence-corrected chi connectivity index (χ2v) is 6.67. The molecule has 1 aliphatic carbocycles. The van der Waals surface area contributed by atoms with Crippen LogP contribution in [0.15, 0.2) is 17.1 Å². The van der Waals surface area contributed by atoms with E-state index in [1.165, 1.54) is 11.1 Å². The first-order valence-corrected chi connectivity index (χ1v) is 8.75. The van der Waals surface area contributed by atoms with Crippen molar-refractivity contribution in [2.24, 2.45) is 4.99 Å². The number of aliphatic imine (C=N–C) groups is 1. The van der Waals surface area contributed by atoms with Gasteiger partial charge in [0.2, 0.25) is 0 Å². The van der Waals surface area contributed by atoms with Crippen molar-refractivity contribution in [1.29, 1.82) is 0 Å². The lowest BCUT2D eigenvalue weighted by Crippen LogP contribution is -2.42. The van der Waals surface area contributed by atoms with E-state index < -0.39 is 0 Å². The molecule has 1 saturated carbocycles. The van der Waals surface area contributed by atoms with Crippen LogP contribution in [0.1, 0.15) is 43.7 Å². The molecule has 3 aliphatic rings. The number of fused-ring (bicyclic) bond motifs is 1. The Kier molecular flexibility index (Phi) is 5.42. The number of guanidine groups is 1. The first-order chi connectivity index (χ1) is 11.2. The number of rotatable bonds is 4. The van der Waals surface area contributed by atoms with Crippen molar-refractivity contribution in [3.05, 3.63) is 23.3 Å². The predicted octanol–water partition coefficient (Wildman–Crippen LogP) is 2.82. The first-order valence-electron chi connectivity index (χ1n) is 8.75. The van der Waals surface area contributed by atoms with Gasteiger partial charge in [0.15, 0.2) is 5.96 Å². The Morgan fingerprint density at radius 3 is 3.04 bits per heavy atom. The summed E-state index contributed by atoms with van der Waals surface area (Å²) >= 11 is 0. The smallest absolute Gasteiger partial charge is 0.191 e. The van der Waals surface area contributed by atoms with Crippen LogP contribution >= 0.6 is 24.0 Å². The lowest BCUT2D eigenvalue weighted by atomic mass is 10.0. The molecule has 3 atom stereocenters. The zero-order chi connectivity index (χ0) is 15.8. The van der Waals surface area contributed by atoms with Gasteiger partial charge in [-0.3, -0.25) is 4.99 Å². The number of benzene rings is 1. The fraction of sp³-hybridized carbons (Fsp3) is 0.611. The van der Waals surface area contributed by atoms with E-state index in [0.717, 1.165) is 49.8 Å². The van der Waals surface area contributed by atoms with E-state index >= 15 is 0 Å². The van der Waals surface area contributed by atoms with E-state index in [4.69, 9.17) is 9.47 Å². The molecule has 0 aromatic heterocycles. The Morgan fingerprint density at radius 1 is 1.42 bits per heavy atom. The van der Waals surface area contributed by atoms with Crippen LogP contribution in [-0.2, 0) is 6.42 Å². The number of nitrogens with zero attached hydrogens (tertiary/aromatic N) is 1. The van der Waals surface area contributed by atoms with Crippen molar-refractivity contribution in [3.63, 3.8) is 0 Å². The highest BCUT2D eigenvalue weighted by Gasteiger charge is 2.42. The maximum Gasteiger partial charge on any atom is 0.191 e. The third-order valence-electron chi connectivity index (χ3n) is 4.74. The number of nitrogens with one attached hydrogen (secondary N) is 2. The molecule has 132 valence electrons. The number of halogens is 1. The maximum absolute atomic E-state index is 5.93. The van der Waals surface area contributed by atoms with Crippen LogP contribution < -0.4 is 20.1 Å². The van der Waals surface area contributed by atoms with Crippen molar-refractivity contribution in [1.82, 2.24) is 10.6 Å². The topological polar surface area (TPSA) is 54.9 Å². The van der Waals surface area contributed by atoms with Crippen molar-refractivity contribution in [2.45, 2.75) is 51.2 Å². The number of ether oxygens (including phenoxy) is 2.